The van der Waals surface area contributed by atoms with Gasteiger partial charge in [0.05, 0.1) is 23.9 Å². The molecule has 0 atom stereocenters. The maximum absolute atomic E-state index is 11.5. The van der Waals surface area contributed by atoms with Crippen LogP contribution < -0.4 is 0 Å². The van der Waals surface area contributed by atoms with E-state index in [2.05, 4.69) is 0 Å². The van der Waals surface area contributed by atoms with Gasteiger partial charge in [0.2, 0.25) is 0 Å². The summed E-state index contributed by atoms with van der Waals surface area (Å²) in [6, 6.07) is 1.84. The summed E-state index contributed by atoms with van der Waals surface area (Å²) in [5.74, 6) is -0.955. The number of ether oxygens (including phenoxy) is 2. The lowest BCUT2D eigenvalue weighted by Gasteiger charge is -2.03. The smallest absolute Gasteiger partial charge is 0.350 e. The van der Waals surface area contributed by atoms with E-state index in [1.165, 1.54) is 23.5 Å². The lowest BCUT2D eigenvalue weighted by atomic mass is 10.3. The second-order valence-corrected chi connectivity index (χ2v) is 5.56. The van der Waals surface area contributed by atoms with Gasteiger partial charge in [-0.2, -0.15) is 5.26 Å². The molecule has 5 nitrogen and oxygen atoms in total. The molecule has 0 spiro atoms. The fourth-order valence-corrected chi connectivity index (χ4v) is 3.43. The molecule has 0 aromatic rings. The topological polar surface area (TPSA) is 76.4 Å². The molecule has 0 fully saturated rings. The van der Waals surface area contributed by atoms with Crippen molar-refractivity contribution in [1.29, 1.82) is 5.26 Å². The Morgan fingerprint density at radius 3 is 2.58 bits per heavy atom. The van der Waals surface area contributed by atoms with Gasteiger partial charge in [-0.15, -0.1) is 0 Å². The SMILES string of the molecule is CCOC(=O)CC1=CSC(=C(C#N)C(=O)OCC)S1. The quantitative estimate of drug-likeness (QED) is 0.438. The monoisotopic (exact) mass is 299 g/mol. The first-order chi connectivity index (χ1) is 9.12. The highest BCUT2D eigenvalue weighted by molar-refractivity contribution is 8.28. The maximum atomic E-state index is 11.5. The predicted octanol–water partition coefficient (Wildman–Crippen LogP) is 2.56. The third kappa shape index (κ3) is 4.65. The third-order valence-electron chi connectivity index (χ3n) is 1.94. The molecule has 0 aromatic heterocycles. The van der Waals surface area contributed by atoms with Crippen molar-refractivity contribution in [2.75, 3.05) is 13.2 Å². The van der Waals surface area contributed by atoms with Gasteiger partial charge in [0, 0.05) is 4.91 Å². The van der Waals surface area contributed by atoms with Gasteiger partial charge in [-0.3, -0.25) is 4.79 Å². The Morgan fingerprint density at radius 2 is 2.00 bits per heavy atom. The molecule has 1 rings (SSSR count). The van der Waals surface area contributed by atoms with Crippen LogP contribution in [0.1, 0.15) is 20.3 Å². The Labute approximate surface area is 120 Å². The summed E-state index contributed by atoms with van der Waals surface area (Å²) < 4.78 is 10.2. The van der Waals surface area contributed by atoms with Crippen molar-refractivity contribution in [3.8, 4) is 6.07 Å². The Balaban J connectivity index is 2.68. The molecule has 0 aliphatic carbocycles. The molecule has 0 N–H and O–H groups in total. The molecule has 0 aromatic carbocycles. The number of nitriles is 1. The fraction of sp³-hybridized carbons (Fsp3) is 0.417. The Hall–Kier alpha value is -1.39. The van der Waals surface area contributed by atoms with Crippen LogP contribution in [0.2, 0.25) is 0 Å². The van der Waals surface area contributed by atoms with E-state index in [4.69, 9.17) is 14.7 Å². The van der Waals surface area contributed by atoms with Crippen molar-refractivity contribution in [3.05, 3.63) is 20.1 Å². The number of nitrogens with zero attached hydrogens (tertiary/aromatic N) is 1. The lowest BCUT2D eigenvalue weighted by Crippen LogP contribution is -2.07. The molecule has 1 heterocycles. The highest BCUT2D eigenvalue weighted by Gasteiger charge is 2.23. The molecule has 0 saturated heterocycles. The first kappa shape index (κ1) is 15.7. The van der Waals surface area contributed by atoms with E-state index in [1.807, 2.05) is 6.07 Å². The summed E-state index contributed by atoms with van der Waals surface area (Å²) in [6.07, 6.45) is 0.149. The van der Waals surface area contributed by atoms with Crippen LogP contribution in [0.5, 0.6) is 0 Å². The summed E-state index contributed by atoms with van der Waals surface area (Å²) in [7, 11) is 0. The zero-order chi connectivity index (χ0) is 14.3. The molecule has 1 aliphatic rings. The molecule has 0 saturated carbocycles. The number of carbonyl (C=O) groups excluding carboxylic acids is 2. The van der Waals surface area contributed by atoms with Crippen molar-refractivity contribution in [3.63, 3.8) is 0 Å². The van der Waals surface area contributed by atoms with E-state index >= 15 is 0 Å². The first-order valence-electron chi connectivity index (χ1n) is 5.63. The summed E-state index contributed by atoms with van der Waals surface area (Å²) in [6.45, 7) is 3.97. The number of carbonyl (C=O) groups is 2. The van der Waals surface area contributed by atoms with Crippen LogP contribution in [0.15, 0.2) is 20.1 Å². The second kappa shape index (κ2) is 7.92. The molecule has 0 amide bonds. The summed E-state index contributed by atoms with van der Waals surface area (Å²) in [4.78, 5) is 23.6. The highest BCUT2D eigenvalue weighted by Crippen LogP contribution is 2.46. The fourth-order valence-electron chi connectivity index (χ4n) is 1.21. The minimum Gasteiger partial charge on any atom is -0.466 e. The van der Waals surface area contributed by atoms with Crippen molar-refractivity contribution < 1.29 is 19.1 Å². The van der Waals surface area contributed by atoms with Crippen molar-refractivity contribution in [2.45, 2.75) is 20.3 Å². The van der Waals surface area contributed by atoms with Crippen LogP contribution in [-0.2, 0) is 19.1 Å². The number of esters is 2. The van der Waals surface area contributed by atoms with E-state index in [-0.39, 0.29) is 24.6 Å². The largest absolute Gasteiger partial charge is 0.466 e. The van der Waals surface area contributed by atoms with Gasteiger partial charge in [0.25, 0.3) is 0 Å². The van der Waals surface area contributed by atoms with Crippen molar-refractivity contribution in [2.24, 2.45) is 0 Å². The Morgan fingerprint density at radius 1 is 1.32 bits per heavy atom. The van der Waals surface area contributed by atoms with Gasteiger partial charge >= 0.3 is 11.9 Å². The summed E-state index contributed by atoms with van der Waals surface area (Å²) in [5.41, 5.74) is -0.0213. The average molecular weight is 299 g/mol. The molecule has 102 valence electrons. The number of thioether (sulfide) groups is 2. The van der Waals surface area contributed by atoms with E-state index in [9.17, 15) is 9.59 Å². The molecule has 7 heteroatoms. The number of hydrogen-bond donors (Lipinski definition) is 0. The van der Waals surface area contributed by atoms with E-state index < -0.39 is 5.97 Å². The standard InChI is InChI=1S/C12H13NO4S2/c1-3-16-10(14)5-8-7-18-12(19-8)9(6-13)11(15)17-4-2/h7H,3-5H2,1-2H3. The number of hydrogen-bond acceptors (Lipinski definition) is 7. The average Bonchev–Trinajstić information content (AvgIpc) is 2.79. The lowest BCUT2D eigenvalue weighted by molar-refractivity contribution is -0.142. The van der Waals surface area contributed by atoms with Crippen LogP contribution in [0.3, 0.4) is 0 Å². The van der Waals surface area contributed by atoms with Crippen LogP contribution in [0, 0.1) is 11.3 Å². The van der Waals surface area contributed by atoms with Gasteiger partial charge in [0.1, 0.15) is 6.07 Å². The molecule has 1 aliphatic heterocycles. The van der Waals surface area contributed by atoms with Gasteiger partial charge in [-0.25, -0.2) is 4.79 Å². The Bertz CT molecular complexity index is 477. The first-order valence-corrected chi connectivity index (χ1v) is 7.32. The Kier molecular flexibility index (Phi) is 6.53. The van der Waals surface area contributed by atoms with Gasteiger partial charge < -0.3 is 9.47 Å². The zero-order valence-electron chi connectivity index (χ0n) is 10.6. The third-order valence-corrected chi connectivity index (χ3v) is 4.36. The normalized spacial score (nSPS) is 16.4. The van der Waals surface area contributed by atoms with E-state index in [1.54, 1.807) is 19.3 Å². The maximum Gasteiger partial charge on any atom is 0.350 e. The van der Waals surface area contributed by atoms with E-state index in [0.29, 0.717) is 10.8 Å². The zero-order valence-corrected chi connectivity index (χ0v) is 12.2. The van der Waals surface area contributed by atoms with Crippen molar-refractivity contribution in [1.82, 2.24) is 0 Å². The van der Waals surface area contributed by atoms with Crippen LogP contribution in [0.4, 0.5) is 0 Å². The number of rotatable bonds is 5. The van der Waals surface area contributed by atoms with Gasteiger partial charge in [-0.1, -0.05) is 23.5 Å². The van der Waals surface area contributed by atoms with E-state index in [0.717, 1.165) is 4.91 Å². The van der Waals surface area contributed by atoms with Crippen molar-refractivity contribution >= 4 is 35.5 Å². The second-order valence-electron chi connectivity index (χ2n) is 3.28. The summed E-state index contributed by atoms with van der Waals surface area (Å²) >= 11 is 2.48. The van der Waals surface area contributed by atoms with Crippen LogP contribution in [-0.4, -0.2) is 25.2 Å². The molecule has 0 unspecified atom stereocenters. The predicted molar refractivity (Wildman–Crippen MR) is 73.8 cm³/mol. The molecular weight excluding hydrogens is 286 g/mol. The molecule has 19 heavy (non-hydrogen) atoms. The summed E-state index contributed by atoms with van der Waals surface area (Å²) in [5, 5.41) is 10.7. The molecule has 0 bridgehead atoms. The molecular formula is C12H13NO4S2. The van der Waals surface area contributed by atoms with Gasteiger partial charge in [0.15, 0.2) is 5.57 Å². The minimum absolute atomic E-state index is 0.0213. The van der Waals surface area contributed by atoms with Crippen LogP contribution >= 0.6 is 23.5 Å². The minimum atomic E-state index is -0.634. The molecule has 0 radical (unpaired) electrons. The van der Waals surface area contributed by atoms with Gasteiger partial charge in [-0.05, 0) is 19.3 Å². The van der Waals surface area contributed by atoms with Crippen LogP contribution in [0.25, 0.3) is 0 Å². The highest BCUT2D eigenvalue weighted by atomic mass is 32.2.